The summed E-state index contributed by atoms with van der Waals surface area (Å²) in [5, 5.41) is 11.9. The molecule has 1 aliphatic heterocycles. The fraction of sp³-hybridized carbons (Fsp3) is 0.467. The minimum Gasteiger partial charge on any atom is -0.480 e. The molecule has 2 amide bonds. The number of hydrogen-bond acceptors (Lipinski definition) is 2. The van der Waals surface area contributed by atoms with Gasteiger partial charge in [-0.25, -0.2) is 14.0 Å². The number of urea groups is 1. The zero-order valence-electron chi connectivity index (χ0n) is 11.9. The van der Waals surface area contributed by atoms with Gasteiger partial charge in [-0.3, -0.25) is 0 Å². The molecule has 0 radical (unpaired) electrons. The molecule has 1 heterocycles. The lowest BCUT2D eigenvalue weighted by atomic mass is 10.1. The smallest absolute Gasteiger partial charge is 0.326 e. The second-order valence-corrected chi connectivity index (χ2v) is 5.37. The lowest BCUT2D eigenvalue weighted by Gasteiger charge is -2.24. The molecule has 21 heavy (non-hydrogen) atoms. The molecule has 0 aromatic heterocycles. The number of likely N-dealkylation sites (tertiary alicyclic amines) is 1. The van der Waals surface area contributed by atoms with Crippen LogP contribution in [0.4, 0.5) is 9.18 Å². The molecule has 0 spiro atoms. The van der Waals surface area contributed by atoms with E-state index in [1.165, 1.54) is 17.0 Å². The van der Waals surface area contributed by atoms with Crippen LogP contribution in [0.5, 0.6) is 0 Å². The van der Waals surface area contributed by atoms with E-state index in [1.54, 1.807) is 12.1 Å². The molecular formula is C15H19FN2O3. The van der Waals surface area contributed by atoms with Crippen LogP contribution in [0.25, 0.3) is 0 Å². The monoisotopic (exact) mass is 294 g/mol. The van der Waals surface area contributed by atoms with Gasteiger partial charge >= 0.3 is 12.0 Å². The number of carbonyl (C=O) groups excluding carboxylic acids is 1. The van der Waals surface area contributed by atoms with Crippen molar-refractivity contribution in [2.24, 2.45) is 0 Å². The second-order valence-electron chi connectivity index (χ2n) is 5.37. The van der Waals surface area contributed by atoms with Crippen molar-refractivity contribution in [3.8, 4) is 0 Å². The zero-order valence-corrected chi connectivity index (χ0v) is 11.9. The highest BCUT2D eigenvalue weighted by Gasteiger charge is 2.34. The van der Waals surface area contributed by atoms with Crippen LogP contribution < -0.4 is 5.32 Å². The summed E-state index contributed by atoms with van der Waals surface area (Å²) >= 11 is 0. The van der Waals surface area contributed by atoms with Crippen molar-refractivity contribution in [2.45, 2.75) is 38.3 Å². The molecule has 114 valence electrons. The number of benzene rings is 1. The maximum absolute atomic E-state index is 12.8. The number of carbonyl (C=O) groups is 2. The van der Waals surface area contributed by atoms with Crippen molar-refractivity contribution in [2.75, 3.05) is 6.54 Å². The molecule has 1 fully saturated rings. The van der Waals surface area contributed by atoms with E-state index in [2.05, 4.69) is 5.32 Å². The summed E-state index contributed by atoms with van der Waals surface area (Å²) in [4.78, 5) is 24.5. The topological polar surface area (TPSA) is 69.6 Å². The maximum Gasteiger partial charge on any atom is 0.326 e. The van der Waals surface area contributed by atoms with E-state index in [-0.39, 0.29) is 17.9 Å². The minimum atomic E-state index is -0.964. The molecule has 2 rings (SSSR count). The van der Waals surface area contributed by atoms with Gasteiger partial charge in [0.05, 0.1) is 0 Å². The number of carboxylic acids is 1. The molecule has 0 saturated carbocycles. The van der Waals surface area contributed by atoms with E-state index in [0.29, 0.717) is 25.8 Å². The Morgan fingerprint density at radius 2 is 2.10 bits per heavy atom. The van der Waals surface area contributed by atoms with E-state index >= 15 is 0 Å². The predicted octanol–water partition coefficient (Wildman–Crippen LogP) is 2.02. The fourth-order valence-electron chi connectivity index (χ4n) is 2.59. The maximum atomic E-state index is 12.8. The molecule has 1 saturated heterocycles. The third-order valence-electron chi connectivity index (χ3n) is 3.62. The van der Waals surface area contributed by atoms with Gasteiger partial charge in [0.25, 0.3) is 0 Å². The molecule has 1 aromatic rings. The number of carboxylic acid groups (broad SMARTS) is 1. The molecule has 6 heteroatoms. The highest BCUT2D eigenvalue weighted by Crippen LogP contribution is 2.17. The molecule has 2 N–H and O–H groups in total. The van der Waals surface area contributed by atoms with Gasteiger partial charge in [-0.15, -0.1) is 0 Å². The van der Waals surface area contributed by atoms with E-state index in [9.17, 15) is 14.0 Å². The molecule has 1 aromatic carbocycles. The predicted molar refractivity (Wildman–Crippen MR) is 75.5 cm³/mol. The number of nitrogens with one attached hydrogen (secondary N) is 1. The van der Waals surface area contributed by atoms with Crippen LogP contribution in [-0.4, -0.2) is 40.6 Å². The van der Waals surface area contributed by atoms with Crippen LogP contribution in [0.1, 0.15) is 25.3 Å². The standard InChI is InChI=1S/C15H19FN2O3/c1-10(9-11-4-6-12(16)7-5-11)17-15(21)18-8-2-3-13(18)14(19)20/h4-7,10,13H,2-3,8-9H2,1H3,(H,17,21)(H,19,20)/t10?,13-/m0/s1. The highest BCUT2D eigenvalue weighted by molar-refractivity contribution is 5.83. The van der Waals surface area contributed by atoms with Crippen LogP contribution in [-0.2, 0) is 11.2 Å². The summed E-state index contributed by atoms with van der Waals surface area (Å²) < 4.78 is 12.8. The quantitative estimate of drug-likeness (QED) is 0.892. The summed E-state index contributed by atoms with van der Waals surface area (Å²) in [6.45, 7) is 2.30. The van der Waals surface area contributed by atoms with Gasteiger partial charge < -0.3 is 15.3 Å². The third kappa shape index (κ3) is 3.93. The molecular weight excluding hydrogens is 275 g/mol. The van der Waals surface area contributed by atoms with E-state index in [0.717, 1.165) is 5.56 Å². The largest absolute Gasteiger partial charge is 0.480 e. The van der Waals surface area contributed by atoms with E-state index in [4.69, 9.17) is 5.11 Å². The molecule has 0 aliphatic carbocycles. The van der Waals surface area contributed by atoms with Gasteiger partial charge in [0.2, 0.25) is 0 Å². The van der Waals surface area contributed by atoms with Crippen LogP contribution >= 0.6 is 0 Å². The summed E-state index contributed by atoms with van der Waals surface area (Å²) in [5.41, 5.74) is 0.917. The van der Waals surface area contributed by atoms with Gasteiger partial charge in [-0.05, 0) is 43.9 Å². The molecule has 1 aliphatic rings. The second kappa shape index (κ2) is 6.56. The van der Waals surface area contributed by atoms with Crippen LogP contribution in [0, 0.1) is 5.82 Å². The Balaban J connectivity index is 1.90. The molecule has 1 unspecified atom stereocenters. The highest BCUT2D eigenvalue weighted by atomic mass is 19.1. The van der Waals surface area contributed by atoms with Crippen LogP contribution in [0.2, 0.25) is 0 Å². The third-order valence-corrected chi connectivity index (χ3v) is 3.62. The Hall–Kier alpha value is -2.11. The number of nitrogens with zero attached hydrogens (tertiary/aromatic N) is 1. The number of amides is 2. The summed E-state index contributed by atoms with van der Waals surface area (Å²) in [6, 6.07) is 4.87. The first-order valence-corrected chi connectivity index (χ1v) is 7.01. The number of aliphatic carboxylic acids is 1. The van der Waals surface area contributed by atoms with E-state index in [1.807, 2.05) is 6.92 Å². The number of halogens is 1. The van der Waals surface area contributed by atoms with Gasteiger partial charge in [0.15, 0.2) is 0 Å². The summed E-state index contributed by atoms with van der Waals surface area (Å²) in [6.07, 6.45) is 1.77. The van der Waals surface area contributed by atoms with Crippen molar-refractivity contribution < 1.29 is 19.1 Å². The molecule has 0 bridgehead atoms. The van der Waals surface area contributed by atoms with Gasteiger partial charge in [-0.1, -0.05) is 12.1 Å². The Kier molecular flexibility index (Phi) is 4.77. The lowest BCUT2D eigenvalue weighted by molar-refractivity contribution is -0.141. The molecule has 5 nitrogen and oxygen atoms in total. The van der Waals surface area contributed by atoms with E-state index < -0.39 is 12.0 Å². The van der Waals surface area contributed by atoms with Gasteiger partial charge in [0.1, 0.15) is 11.9 Å². The van der Waals surface area contributed by atoms with Gasteiger partial charge in [-0.2, -0.15) is 0 Å². The minimum absolute atomic E-state index is 0.155. The van der Waals surface area contributed by atoms with Crippen molar-refractivity contribution in [1.29, 1.82) is 0 Å². The summed E-state index contributed by atoms with van der Waals surface area (Å²) in [5.74, 6) is -1.26. The van der Waals surface area contributed by atoms with Gasteiger partial charge in [0, 0.05) is 12.6 Å². The normalized spacial score (nSPS) is 19.3. The van der Waals surface area contributed by atoms with Crippen LogP contribution in [0.3, 0.4) is 0 Å². The Labute approximate surface area is 122 Å². The first-order chi connectivity index (χ1) is 9.97. The first-order valence-electron chi connectivity index (χ1n) is 7.01. The Morgan fingerprint density at radius 1 is 1.43 bits per heavy atom. The molecule has 2 atom stereocenters. The van der Waals surface area contributed by atoms with Crippen molar-refractivity contribution in [3.63, 3.8) is 0 Å². The summed E-state index contributed by atoms with van der Waals surface area (Å²) in [7, 11) is 0. The Morgan fingerprint density at radius 3 is 2.71 bits per heavy atom. The first kappa shape index (κ1) is 15.3. The number of rotatable bonds is 4. The van der Waals surface area contributed by atoms with Crippen molar-refractivity contribution >= 4 is 12.0 Å². The zero-order chi connectivity index (χ0) is 15.4. The van der Waals surface area contributed by atoms with Crippen LogP contribution in [0.15, 0.2) is 24.3 Å². The average Bonchev–Trinajstić information content (AvgIpc) is 2.91. The fourth-order valence-corrected chi connectivity index (χ4v) is 2.59. The number of hydrogen-bond donors (Lipinski definition) is 2. The van der Waals surface area contributed by atoms with Crippen molar-refractivity contribution in [3.05, 3.63) is 35.6 Å². The average molecular weight is 294 g/mol. The lowest BCUT2D eigenvalue weighted by Crippen LogP contribution is -2.48. The Bertz CT molecular complexity index is 518. The SMILES string of the molecule is CC(Cc1ccc(F)cc1)NC(=O)N1CCC[C@H]1C(=O)O. The van der Waals surface area contributed by atoms with Crippen molar-refractivity contribution in [1.82, 2.24) is 10.2 Å².